The summed E-state index contributed by atoms with van der Waals surface area (Å²) >= 11 is 1.44. The monoisotopic (exact) mass is 489 g/mol. The Labute approximate surface area is 198 Å². The van der Waals surface area contributed by atoms with Gasteiger partial charge in [-0.3, -0.25) is 4.79 Å². The van der Waals surface area contributed by atoms with Gasteiger partial charge in [0.25, 0.3) is 0 Å². The number of esters is 1. The third-order valence-corrected chi connectivity index (χ3v) is 7.16. The molecule has 0 bridgehead atoms. The van der Waals surface area contributed by atoms with Crippen molar-refractivity contribution >= 4 is 34.7 Å². The van der Waals surface area contributed by atoms with Gasteiger partial charge in [0.05, 0.1) is 17.7 Å². The number of hydrogen-bond donors (Lipinski definition) is 2. The summed E-state index contributed by atoms with van der Waals surface area (Å²) in [6.07, 6.45) is 6.12. The molecule has 2 aromatic carbocycles. The number of nitrogens with zero attached hydrogens (tertiary/aromatic N) is 1. The summed E-state index contributed by atoms with van der Waals surface area (Å²) in [5.74, 6) is -4.73. The number of amides is 2. The van der Waals surface area contributed by atoms with Gasteiger partial charge in [0.15, 0.2) is 17.5 Å². The molecule has 0 aliphatic heterocycles. The normalized spacial score (nSPS) is 14.9. The summed E-state index contributed by atoms with van der Waals surface area (Å²) in [4.78, 5) is 30.1. The highest BCUT2D eigenvalue weighted by Crippen LogP contribution is 2.43. The van der Waals surface area contributed by atoms with Crippen LogP contribution in [0.5, 0.6) is 0 Å². The Bertz CT molecular complexity index is 1210. The molecule has 0 spiro atoms. The first kappa shape index (κ1) is 23.7. The molecule has 0 atom stereocenters. The fourth-order valence-corrected chi connectivity index (χ4v) is 5.27. The molecule has 2 amide bonds. The fraction of sp³-hybridized carbons (Fsp3) is 0.292. The number of halogens is 3. The standard InChI is InChI=1S/C24H22F3N3O3S/c1-33-22(31)24(11-3-2-4-12-24)21-28-13-18(34-21)14-5-7-15(8-6-14)29-23(32)30-17-10-9-16(25)19(26)20(17)27/h5-10,13H,2-4,11-12H2,1H3,(H2,29,30,32). The van der Waals surface area contributed by atoms with Crippen molar-refractivity contribution in [3.05, 3.63) is 65.1 Å². The number of rotatable bonds is 5. The van der Waals surface area contributed by atoms with E-state index < -0.39 is 34.6 Å². The van der Waals surface area contributed by atoms with Gasteiger partial charge in [-0.2, -0.15) is 0 Å². The van der Waals surface area contributed by atoms with E-state index in [-0.39, 0.29) is 5.97 Å². The maximum Gasteiger partial charge on any atom is 0.323 e. The Morgan fingerprint density at radius 1 is 0.971 bits per heavy atom. The molecule has 2 N–H and O–H groups in total. The van der Waals surface area contributed by atoms with E-state index in [1.165, 1.54) is 18.4 Å². The van der Waals surface area contributed by atoms with Crippen LogP contribution in [0, 0.1) is 17.5 Å². The second-order valence-corrected chi connectivity index (χ2v) is 9.07. The number of nitrogens with one attached hydrogen (secondary N) is 2. The fourth-order valence-electron chi connectivity index (χ4n) is 4.11. The zero-order valence-electron chi connectivity index (χ0n) is 18.3. The van der Waals surface area contributed by atoms with Crippen LogP contribution in [-0.2, 0) is 14.9 Å². The molecule has 1 fully saturated rings. The number of benzene rings is 2. The number of ether oxygens (including phenoxy) is 1. The highest BCUT2D eigenvalue weighted by molar-refractivity contribution is 7.15. The lowest BCUT2D eigenvalue weighted by molar-refractivity contribution is -0.149. The summed E-state index contributed by atoms with van der Waals surface area (Å²) in [7, 11) is 1.40. The minimum absolute atomic E-state index is 0.254. The number of aromatic nitrogens is 1. The topological polar surface area (TPSA) is 80.3 Å². The summed E-state index contributed by atoms with van der Waals surface area (Å²) in [6.45, 7) is 0. The van der Waals surface area contributed by atoms with Gasteiger partial charge in [-0.15, -0.1) is 11.3 Å². The minimum Gasteiger partial charge on any atom is -0.468 e. The molecule has 0 saturated heterocycles. The Hall–Kier alpha value is -3.40. The number of methoxy groups -OCH3 is 1. The van der Waals surface area contributed by atoms with Gasteiger partial charge in [-0.25, -0.2) is 22.9 Å². The Balaban J connectivity index is 1.46. The Kier molecular flexibility index (Phi) is 6.87. The van der Waals surface area contributed by atoms with Gasteiger partial charge in [0, 0.05) is 11.9 Å². The predicted octanol–water partition coefficient (Wildman–Crippen LogP) is 6.25. The first-order chi connectivity index (χ1) is 16.3. The van der Waals surface area contributed by atoms with E-state index in [9.17, 15) is 22.8 Å². The molecule has 1 aliphatic carbocycles. The van der Waals surface area contributed by atoms with E-state index in [1.807, 2.05) is 0 Å². The molecule has 4 rings (SSSR count). The van der Waals surface area contributed by atoms with Crippen LogP contribution in [0.2, 0.25) is 0 Å². The van der Waals surface area contributed by atoms with Crippen molar-refractivity contribution in [1.29, 1.82) is 0 Å². The van der Waals surface area contributed by atoms with Crippen molar-refractivity contribution in [2.24, 2.45) is 0 Å². The van der Waals surface area contributed by atoms with Crippen LogP contribution in [-0.4, -0.2) is 24.1 Å². The summed E-state index contributed by atoms with van der Waals surface area (Å²) in [5.41, 5.74) is 0.0712. The van der Waals surface area contributed by atoms with Gasteiger partial charge >= 0.3 is 12.0 Å². The van der Waals surface area contributed by atoms with Crippen molar-refractivity contribution in [1.82, 2.24) is 4.98 Å². The molecule has 34 heavy (non-hydrogen) atoms. The highest BCUT2D eigenvalue weighted by Gasteiger charge is 2.44. The van der Waals surface area contributed by atoms with Crippen molar-refractivity contribution < 1.29 is 27.5 Å². The largest absolute Gasteiger partial charge is 0.468 e. The highest BCUT2D eigenvalue weighted by atomic mass is 32.1. The number of thiazole rings is 1. The quantitative estimate of drug-likeness (QED) is 0.328. The number of hydrogen-bond acceptors (Lipinski definition) is 5. The first-order valence-electron chi connectivity index (χ1n) is 10.7. The zero-order chi connectivity index (χ0) is 24.3. The maximum atomic E-state index is 13.7. The molecule has 1 aromatic heterocycles. The molecule has 3 aromatic rings. The lowest BCUT2D eigenvalue weighted by atomic mass is 9.74. The van der Waals surface area contributed by atoms with Gasteiger partial charge in [-0.05, 0) is 42.7 Å². The molecule has 1 heterocycles. The molecule has 1 saturated carbocycles. The summed E-state index contributed by atoms with van der Waals surface area (Å²) in [6, 6.07) is 7.69. The van der Waals surface area contributed by atoms with Crippen LogP contribution in [0.3, 0.4) is 0 Å². The summed E-state index contributed by atoms with van der Waals surface area (Å²) in [5, 5.41) is 5.40. The van der Waals surface area contributed by atoms with E-state index >= 15 is 0 Å². The summed E-state index contributed by atoms with van der Waals surface area (Å²) < 4.78 is 45.2. The van der Waals surface area contributed by atoms with Crippen molar-refractivity contribution in [2.45, 2.75) is 37.5 Å². The van der Waals surface area contributed by atoms with Gasteiger partial charge in [0.2, 0.25) is 0 Å². The van der Waals surface area contributed by atoms with Crippen LogP contribution in [0.25, 0.3) is 10.4 Å². The first-order valence-corrected chi connectivity index (χ1v) is 11.5. The average molecular weight is 490 g/mol. The molecular formula is C24H22F3N3O3S. The molecule has 1 aliphatic rings. The van der Waals surface area contributed by atoms with Crippen LogP contribution >= 0.6 is 11.3 Å². The van der Waals surface area contributed by atoms with Crippen molar-refractivity contribution in [2.75, 3.05) is 17.7 Å². The van der Waals surface area contributed by atoms with Crippen LogP contribution < -0.4 is 10.6 Å². The van der Waals surface area contributed by atoms with E-state index in [1.54, 1.807) is 30.5 Å². The van der Waals surface area contributed by atoms with E-state index in [4.69, 9.17) is 4.74 Å². The third kappa shape index (κ3) is 4.63. The lowest BCUT2D eigenvalue weighted by Crippen LogP contribution is -2.38. The van der Waals surface area contributed by atoms with Crippen LogP contribution in [0.4, 0.5) is 29.3 Å². The van der Waals surface area contributed by atoms with E-state index in [2.05, 4.69) is 15.6 Å². The second-order valence-electron chi connectivity index (χ2n) is 8.04. The number of carbonyl (C=O) groups is 2. The van der Waals surface area contributed by atoms with Crippen LogP contribution in [0.1, 0.15) is 37.1 Å². The molecule has 0 radical (unpaired) electrons. The smallest absolute Gasteiger partial charge is 0.323 e. The Morgan fingerprint density at radius 2 is 1.68 bits per heavy atom. The lowest BCUT2D eigenvalue weighted by Gasteiger charge is -2.32. The number of urea groups is 1. The molecule has 0 unspecified atom stereocenters. The molecule has 6 nitrogen and oxygen atoms in total. The van der Waals surface area contributed by atoms with Crippen molar-refractivity contribution in [3.8, 4) is 10.4 Å². The van der Waals surface area contributed by atoms with Gasteiger partial charge in [0.1, 0.15) is 10.4 Å². The number of carbonyl (C=O) groups excluding carboxylic acids is 2. The average Bonchev–Trinajstić information content (AvgIpc) is 3.36. The van der Waals surface area contributed by atoms with Crippen molar-refractivity contribution in [3.63, 3.8) is 0 Å². The van der Waals surface area contributed by atoms with Crippen LogP contribution in [0.15, 0.2) is 42.6 Å². The van der Waals surface area contributed by atoms with Gasteiger partial charge in [-0.1, -0.05) is 31.4 Å². The number of anilines is 2. The third-order valence-electron chi connectivity index (χ3n) is 5.91. The van der Waals surface area contributed by atoms with E-state index in [0.29, 0.717) is 18.5 Å². The predicted molar refractivity (Wildman–Crippen MR) is 123 cm³/mol. The second kappa shape index (κ2) is 9.84. The van der Waals surface area contributed by atoms with E-state index in [0.717, 1.165) is 46.8 Å². The molecule has 178 valence electrons. The zero-order valence-corrected chi connectivity index (χ0v) is 19.1. The molecular weight excluding hydrogens is 467 g/mol. The SMILES string of the molecule is COC(=O)C1(c2ncc(-c3ccc(NC(=O)Nc4ccc(F)c(F)c4F)cc3)s2)CCCCC1. The van der Waals surface area contributed by atoms with Gasteiger partial charge < -0.3 is 15.4 Å². The Morgan fingerprint density at radius 3 is 2.35 bits per heavy atom. The molecule has 10 heteroatoms. The minimum atomic E-state index is -1.66. The maximum absolute atomic E-state index is 13.7.